The zero-order chi connectivity index (χ0) is 31.3. The van der Waals surface area contributed by atoms with Crippen LogP contribution in [0.1, 0.15) is 70.4 Å². The third-order valence-corrected chi connectivity index (χ3v) is 9.82. The van der Waals surface area contributed by atoms with E-state index in [9.17, 15) is 18.0 Å². The van der Waals surface area contributed by atoms with E-state index in [0.29, 0.717) is 55.5 Å². The molecule has 2 aromatic carbocycles. The van der Waals surface area contributed by atoms with Crippen LogP contribution in [0.2, 0.25) is 0 Å². The van der Waals surface area contributed by atoms with E-state index < -0.39 is 16.0 Å². The van der Waals surface area contributed by atoms with Crippen molar-refractivity contribution in [1.82, 2.24) is 4.90 Å². The third-order valence-electron chi connectivity index (χ3n) is 8.57. The number of Topliss-reactive ketones (excluding diaryl/α,β-unsaturated/α-hetero) is 2. The highest BCUT2D eigenvalue weighted by atomic mass is 32.2. The van der Waals surface area contributed by atoms with E-state index in [4.69, 9.17) is 13.7 Å². The largest absolute Gasteiger partial charge is 0.493 e. The van der Waals surface area contributed by atoms with Crippen molar-refractivity contribution in [1.29, 1.82) is 0 Å². The number of benzene rings is 2. The van der Waals surface area contributed by atoms with Crippen molar-refractivity contribution in [3.05, 3.63) is 76.1 Å². The molecule has 0 unspecified atom stereocenters. The lowest BCUT2D eigenvalue weighted by Crippen LogP contribution is -2.45. The van der Waals surface area contributed by atoms with Gasteiger partial charge >= 0.3 is 10.1 Å². The Kier molecular flexibility index (Phi) is 8.11. The molecule has 0 atom stereocenters. The van der Waals surface area contributed by atoms with Crippen molar-refractivity contribution in [2.75, 3.05) is 27.4 Å². The number of nitrogens with zero attached hydrogens (tertiary/aromatic N) is 1. The molecular weight excluding hydrogens is 566 g/mol. The van der Waals surface area contributed by atoms with E-state index in [0.717, 1.165) is 17.0 Å². The van der Waals surface area contributed by atoms with Crippen LogP contribution in [-0.2, 0) is 24.4 Å². The normalized spacial score (nSPS) is 20.2. The van der Waals surface area contributed by atoms with Gasteiger partial charge in [0.1, 0.15) is 4.90 Å². The Labute approximate surface area is 254 Å². The minimum absolute atomic E-state index is 0.0177. The zero-order valence-corrected chi connectivity index (χ0v) is 26.9. The van der Waals surface area contributed by atoms with E-state index in [1.165, 1.54) is 19.2 Å². The molecule has 0 aromatic heterocycles. The Bertz CT molecular complexity index is 1580. The summed E-state index contributed by atoms with van der Waals surface area (Å²) in [6, 6.07) is 11.4. The van der Waals surface area contributed by atoms with Crippen LogP contribution >= 0.6 is 0 Å². The summed E-state index contributed by atoms with van der Waals surface area (Å²) < 4.78 is 42.8. The standard InChI is InChI=1S/C34H41NO7S/c1-21-8-11-23(12-9-21)43(38,39)42-28-13-10-22(16-29(28)41-7)30-31-24(17-33(2,3)19-26(31)36)35(14-15-40-6)25-18-34(4,5)20-27(37)32(25)30/h8-13,16,30H,14-15,17-20H2,1-7H3. The maximum atomic E-state index is 14.0. The number of carbonyl (C=O) groups is 2. The van der Waals surface area contributed by atoms with E-state index >= 15 is 0 Å². The molecule has 0 spiro atoms. The number of hydrogen-bond donors (Lipinski definition) is 0. The molecule has 2 aromatic rings. The van der Waals surface area contributed by atoms with Crippen LogP contribution in [0.25, 0.3) is 0 Å². The average Bonchev–Trinajstić information content (AvgIpc) is 2.90. The minimum Gasteiger partial charge on any atom is -0.493 e. The topological polar surface area (TPSA) is 99.2 Å². The Morgan fingerprint density at radius 2 is 1.37 bits per heavy atom. The van der Waals surface area contributed by atoms with Gasteiger partial charge in [0.25, 0.3) is 0 Å². The lowest BCUT2D eigenvalue weighted by molar-refractivity contribution is -0.119. The lowest BCUT2D eigenvalue weighted by atomic mass is 9.63. The maximum absolute atomic E-state index is 14.0. The van der Waals surface area contributed by atoms with Gasteiger partial charge in [-0.3, -0.25) is 9.59 Å². The Morgan fingerprint density at radius 1 is 0.814 bits per heavy atom. The highest BCUT2D eigenvalue weighted by Crippen LogP contribution is 2.55. The Morgan fingerprint density at radius 3 is 1.88 bits per heavy atom. The van der Waals surface area contributed by atoms with Gasteiger partial charge in [0.15, 0.2) is 23.1 Å². The van der Waals surface area contributed by atoms with E-state index in [2.05, 4.69) is 32.6 Å². The first-order chi connectivity index (χ1) is 20.2. The molecule has 0 bridgehead atoms. The second kappa shape index (κ2) is 11.2. The van der Waals surface area contributed by atoms with Crippen LogP contribution in [0.3, 0.4) is 0 Å². The molecule has 8 nitrogen and oxygen atoms in total. The number of hydrogen-bond acceptors (Lipinski definition) is 8. The predicted octanol–water partition coefficient (Wildman–Crippen LogP) is 6.10. The molecule has 0 amide bonds. The minimum atomic E-state index is -4.12. The fraction of sp³-hybridized carbons (Fsp3) is 0.471. The van der Waals surface area contributed by atoms with Crippen LogP contribution in [-0.4, -0.2) is 52.3 Å². The highest BCUT2D eigenvalue weighted by molar-refractivity contribution is 7.87. The molecule has 9 heteroatoms. The maximum Gasteiger partial charge on any atom is 0.339 e. The average molecular weight is 608 g/mol. The van der Waals surface area contributed by atoms with Crippen LogP contribution in [0.15, 0.2) is 69.9 Å². The first-order valence-corrected chi connectivity index (χ1v) is 16.1. The fourth-order valence-electron chi connectivity index (χ4n) is 6.64. The van der Waals surface area contributed by atoms with Gasteiger partial charge in [-0.15, -0.1) is 0 Å². The monoisotopic (exact) mass is 607 g/mol. The molecule has 0 fully saturated rings. The first kappa shape index (κ1) is 31.0. The van der Waals surface area contributed by atoms with Crippen molar-refractivity contribution in [2.24, 2.45) is 10.8 Å². The van der Waals surface area contributed by atoms with Crippen molar-refractivity contribution in [3.63, 3.8) is 0 Å². The SMILES string of the molecule is COCCN1C2=C(C(=O)CC(C)(C)C2)C(c2ccc(OS(=O)(=O)c3ccc(C)cc3)c(OC)c2)C2=C1CC(C)(C)CC2=O. The molecule has 230 valence electrons. The van der Waals surface area contributed by atoms with E-state index in [1.807, 2.05) is 6.92 Å². The van der Waals surface area contributed by atoms with Gasteiger partial charge in [0, 0.05) is 55.0 Å². The molecule has 0 saturated heterocycles. The quantitative estimate of drug-likeness (QED) is 0.332. The number of ketones is 2. The van der Waals surface area contributed by atoms with Gasteiger partial charge in [-0.05, 0) is 60.4 Å². The van der Waals surface area contributed by atoms with Gasteiger partial charge in [0.05, 0.1) is 13.7 Å². The van der Waals surface area contributed by atoms with Crippen molar-refractivity contribution in [2.45, 2.75) is 71.1 Å². The van der Waals surface area contributed by atoms with Crippen molar-refractivity contribution in [3.8, 4) is 11.5 Å². The number of aryl methyl sites for hydroxylation is 1. The molecule has 2 aliphatic carbocycles. The predicted molar refractivity (Wildman–Crippen MR) is 163 cm³/mol. The third kappa shape index (κ3) is 6.02. The molecule has 1 aliphatic heterocycles. The second-order valence-corrected chi connectivity index (χ2v) is 15.0. The number of carbonyl (C=O) groups excluding carboxylic acids is 2. The number of methoxy groups -OCH3 is 2. The summed E-state index contributed by atoms with van der Waals surface area (Å²) in [5.74, 6) is -0.327. The number of rotatable bonds is 8. The highest BCUT2D eigenvalue weighted by Gasteiger charge is 2.49. The smallest absolute Gasteiger partial charge is 0.339 e. The summed E-state index contributed by atoms with van der Waals surface area (Å²) in [7, 11) is -1.03. The van der Waals surface area contributed by atoms with Crippen LogP contribution in [0, 0.1) is 17.8 Å². The van der Waals surface area contributed by atoms with Crippen LogP contribution in [0.5, 0.6) is 11.5 Å². The molecule has 1 heterocycles. The fourth-order valence-corrected chi connectivity index (χ4v) is 7.58. The van der Waals surface area contributed by atoms with Gasteiger partial charge in [0.2, 0.25) is 0 Å². The van der Waals surface area contributed by atoms with Gasteiger partial charge in [-0.2, -0.15) is 8.42 Å². The summed E-state index contributed by atoms with van der Waals surface area (Å²) in [5.41, 5.74) is 4.27. The molecular formula is C34H41NO7S. The summed E-state index contributed by atoms with van der Waals surface area (Å²) in [6.45, 7) is 11.3. The van der Waals surface area contributed by atoms with Crippen LogP contribution < -0.4 is 8.92 Å². The lowest BCUT2D eigenvalue weighted by Gasteiger charge is -2.49. The number of ether oxygens (including phenoxy) is 2. The summed E-state index contributed by atoms with van der Waals surface area (Å²) in [4.78, 5) is 30.1. The Hall–Kier alpha value is -3.43. The van der Waals surface area contributed by atoms with E-state index in [-0.39, 0.29) is 38.8 Å². The van der Waals surface area contributed by atoms with Crippen molar-refractivity contribution < 1.29 is 31.7 Å². The second-order valence-electron chi connectivity index (χ2n) is 13.4. The molecule has 5 rings (SSSR count). The van der Waals surface area contributed by atoms with Gasteiger partial charge in [-0.25, -0.2) is 0 Å². The molecule has 0 N–H and O–H groups in total. The van der Waals surface area contributed by atoms with Crippen LogP contribution in [0.4, 0.5) is 0 Å². The summed E-state index contributed by atoms with van der Waals surface area (Å²) >= 11 is 0. The molecule has 43 heavy (non-hydrogen) atoms. The molecule has 0 saturated carbocycles. The van der Waals surface area contributed by atoms with E-state index in [1.54, 1.807) is 37.4 Å². The summed E-state index contributed by atoms with van der Waals surface area (Å²) in [6.07, 6.45) is 2.12. The molecule has 0 radical (unpaired) electrons. The Balaban J connectivity index is 1.65. The van der Waals surface area contributed by atoms with Gasteiger partial charge in [-0.1, -0.05) is 51.5 Å². The summed E-state index contributed by atoms with van der Waals surface area (Å²) in [5, 5.41) is 0. The first-order valence-electron chi connectivity index (χ1n) is 14.6. The van der Waals surface area contributed by atoms with Crippen molar-refractivity contribution >= 4 is 21.7 Å². The molecule has 3 aliphatic rings. The number of allylic oxidation sites excluding steroid dienone is 4. The zero-order valence-electron chi connectivity index (χ0n) is 26.1. The van der Waals surface area contributed by atoms with Gasteiger partial charge < -0.3 is 18.6 Å².